The summed E-state index contributed by atoms with van der Waals surface area (Å²) in [6, 6.07) is 12.3. The van der Waals surface area contributed by atoms with E-state index in [9.17, 15) is 9.59 Å². The lowest BCUT2D eigenvalue weighted by molar-refractivity contribution is -0.137. The van der Waals surface area contributed by atoms with Gasteiger partial charge in [0.05, 0.1) is 5.39 Å². The van der Waals surface area contributed by atoms with Gasteiger partial charge in [-0.3, -0.25) is 9.59 Å². The van der Waals surface area contributed by atoms with E-state index in [1.807, 2.05) is 30.1 Å². The second-order valence-corrected chi connectivity index (χ2v) is 8.15. The highest BCUT2D eigenvalue weighted by Crippen LogP contribution is 2.35. The van der Waals surface area contributed by atoms with Crippen LogP contribution < -0.4 is 10.2 Å². The molecule has 3 aromatic rings. The summed E-state index contributed by atoms with van der Waals surface area (Å²) >= 11 is 1.63. The zero-order valence-corrected chi connectivity index (χ0v) is 17.8. The number of benzene rings is 1. The first-order chi connectivity index (χ1) is 14.5. The summed E-state index contributed by atoms with van der Waals surface area (Å²) in [6.45, 7) is 1.12. The van der Waals surface area contributed by atoms with E-state index in [-0.39, 0.29) is 12.3 Å². The first-order valence-corrected chi connectivity index (χ1v) is 10.9. The van der Waals surface area contributed by atoms with E-state index in [1.165, 1.54) is 0 Å². The van der Waals surface area contributed by atoms with Crippen LogP contribution in [0.2, 0.25) is 0 Å². The van der Waals surface area contributed by atoms with Crippen molar-refractivity contribution >= 4 is 39.2 Å². The largest absolute Gasteiger partial charge is 0.481 e. The van der Waals surface area contributed by atoms with E-state index < -0.39 is 5.97 Å². The number of fused-ring (bicyclic) bond motifs is 1. The lowest BCUT2D eigenvalue weighted by Gasteiger charge is -2.18. The number of carbonyl (C=O) groups excluding carboxylic acids is 1. The van der Waals surface area contributed by atoms with Crippen molar-refractivity contribution in [2.24, 2.45) is 0 Å². The van der Waals surface area contributed by atoms with Crippen LogP contribution >= 0.6 is 11.3 Å². The molecule has 0 unspecified atom stereocenters. The van der Waals surface area contributed by atoms with Crippen molar-refractivity contribution in [3.05, 3.63) is 42.7 Å². The number of aliphatic carboxylic acids is 1. The van der Waals surface area contributed by atoms with Gasteiger partial charge in [-0.05, 0) is 24.5 Å². The number of hydrogen-bond donors (Lipinski definition) is 2. The van der Waals surface area contributed by atoms with E-state index >= 15 is 0 Å². The van der Waals surface area contributed by atoms with Crippen LogP contribution in [0.3, 0.4) is 0 Å². The van der Waals surface area contributed by atoms with Gasteiger partial charge < -0.3 is 15.3 Å². The van der Waals surface area contributed by atoms with Crippen LogP contribution in [-0.2, 0) is 9.59 Å². The Labute approximate surface area is 179 Å². The Morgan fingerprint density at radius 2 is 1.90 bits per heavy atom. The summed E-state index contributed by atoms with van der Waals surface area (Å²) in [5.41, 5.74) is 1.15. The minimum absolute atomic E-state index is 0.0133. The van der Waals surface area contributed by atoms with Crippen molar-refractivity contribution < 1.29 is 14.7 Å². The molecule has 8 heteroatoms. The van der Waals surface area contributed by atoms with Crippen LogP contribution in [0.4, 0.5) is 5.82 Å². The molecule has 0 spiro atoms. The van der Waals surface area contributed by atoms with Gasteiger partial charge in [0, 0.05) is 37.9 Å². The Hall–Kier alpha value is -3.00. The monoisotopic (exact) mass is 426 g/mol. The number of nitrogens with one attached hydrogen (secondary N) is 1. The Bertz CT molecular complexity index is 990. The minimum Gasteiger partial charge on any atom is -0.481 e. The molecule has 158 valence electrons. The summed E-state index contributed by atoms with van der Waals surface area (Å²) in [4.78, 5) is 35.5. The van der Waals surface area contributed by atoms with Gasteiger partial charge in [0.2, 0.25) is 5.91 Å². The third-order valence-electron chi connectivity index (χ3n) is 4.79. The molecule has 1 aromatic carbocycles. The summed E-state index contributed by atoms with van der Waals surface area (Å²) in [7, 11) is 1.93. The number of rotatable bonds is 11. The molecule has 0 saturated heterocycles. The summed E-state index contributed by atoms with van der Waals surface area (Å²) in [5, 5.41) is 12.5. The maximum atomic E-state index is 12.1. The molecule has 2 N–H and O–H groups in total. The Kier molecular flexibility index (Phi) is 7.73. The molecule has 2 heterocycles. The van der Waals surface area contributed by atoms with Gasteiger partial charge in [0.1, 0.15) is 17.0 Å². The van der Waals surface area contributed by atoms with Crippen molar-refractivity contribution in [1.82, 2.24) is 15.3 Å². The van der Waals surface area contributed by atoms with Gasteiger partial charge in [-0.25, -0.2) is 9.97 Å². The molecule has 0 aliphatic heterocycles. The number of carboxylic acids is 1. The highest BCUT2D eigenvalue weighted by atomic mass is 32.1. The van der Waals surface area contributed by atoms with Gasteiger partial charge in [0.25, 0.3) is 0 Å². The van der Waals surface area contributed by atoms with Gasteiger partial charge in [-0.1, -0.05) is 36.8 Å². The molecule has 0 atom stereocenters. The van der Waals surface area contributed by atoms with E-state index in [1.54, 1.807) is 17.7 Å². The quantitative estimate of drug-likeness (QED) is 0.451. The summed E-state index contributed by atoms with van der Waals surface area (Å²) in [5.74, 6) is 0.0305. The predicted octanol–water partition coefficient (Wildman–Crippen LogP) is 3.95. The molecule has 0 aliphatic rings. The number of thiophene rings is 1. The number of nitrogens with zero attached hydrogens (tertiary/aromatic N) is 3. The highest BCUT2D eigenvalue weighted by Gasteiger charge is 2.14. The van der Waals surface area contributed by atoms with Gasteiger partial charge in [-0.15, -0.1) is 11.3 Å². The standard InChI is InChI=1S/C22H26N4O3S/c1-26(13-11-19(27)23-12-7-3-6-10-20(28)29)21-17-14-18(16-8-4-2-5-9-16)30-22(17)25-15-24-21/h2,4-5,8-9,14-15H,3,6-7,10-13H2,1H3,(H,23,27)(H,28,29). The topological polar surface area (TPSA) is 95.4 Å². The number of anilines is 1. The Morgan fingerprint density at radius 1 is 1.10 bits per heavy atom. The zero-order valence-electron chi connectivity index (χ0n) is 17.0. The molecule has 0 bridgehead atoms. The van der Waals surface area contributed by atoms with E-state index in [0.29, 0.717) is 25.9 Å². The Balaban J connectivity index is 1.53. The molecule has 7 nitrogen and oxygen atoms in total. The van der Waals surface area contributed by atoms with Gasteiger partial charge in [0.15, 0.2) is 0 Å². The number of amides is 1. The van der Waals surface area contributed by atoms with Crippen molar-refractivity contribution in [3.63, 3.8) is 0 Å². The fourth-order valence-corrected chi connectivity index (χ4v) is 4.16. The normalized spacial score (nSPS) is 10.8. The second-order valence-electron chi connectivity index (χ2n) is 7.12. The average molecular weight is 427 g/mol. The number of aromatic nitrogens is 2. The number of carboxylic acid groups (broad SMARTS) is 1. The first kappa shape index (κ1) is 21.7. The lowest BCUT2D eigenvalue weighted by atomic mass is 10.2. The molecular weight excluding hydrogens is 400 g/mol. The van der Waals surface area contributed by atoms with E-state index in [2.05, 4.69) is 33.5 Å². The van der Waals surface area contributed by atoms with E-state index in [4.69, 9.17) is 5.11 Å². The fraction of sp³-hybridized carbons (Fsp3) is 0.364. The third kappa shape index (κ3) is 6.00. The Morgan fingerprint density at radius 3 is 2.67 bits per heavy atom. The molecule has 30 heavy (non-hydrogen) atoms. The van der Waals surface area contributed by atoms with Crippen LogP contribution in [-0.4, -0.2) is 47.1 Å². The van der Waals surface area contributed by atoms with Gasteiger partial charge >= 0.3 is 5.97 Å². The van der Waals surface area contributed by atoms with Crippen molar-refractivity contribution in [3.8, 4) is 10.4 Å². The number of unbranched alkanes of at least 4 members (excludes halogenated alkanes) is 2. The molecule has 2 aromatic heterocycles. The molecule has 0 radical (unpaired) electrons. The second kappa shape index (κ2) is 10.7. The molecule has 0 aliphatic carbocycles. The summed E-state index contributed by atoms with van der Waals surface area (Å²) < 4.78 is 0. The van der Waals surface area contributed by atoms with Crippen molar-refractivity contribution in [2.75, 3.05) is 25.0 Å². The third-order valence-corrected chi connectivity index (χ3v) is 5.88. The van der Waals surface area contributed by atoms with Crippen LogP contribution in [0.15, 0.2) is 42.7 Å². The van der Waals surface area contributed by atoms with E-state index in [0.717, 1.165) is 39.3 Å². The van der Waals surface area contributed by atoms with Gasteiger partial charge in [-0.2, -0.15) is 0 Å². The highest BCUT2D eigenvalue weighted by molar-refractivity contribution is 7.21. The average Bonchev–Trinajstić information content (AvgIpc) is 3.19. The van der Waals surface area contributed by atoms with Crippen LogP contribution in [0.5, 0.6) is 0 Å². The number of hydrogen-bond acceptors (Lipinski definition) is 6. The first-order valence-electron chi connectivity index (χ1n) is 10.0. The van der Waals surface area contributed by atoms with Crippen molar-refractivity contribution in [1.29, 1.82) is 0 Å². The predicted molar refractivity (Wildman–Crippen MR) is 120 cm³/mol. The fourth-order valence-electron chi connectivity index (χ4n) is 3.16. The molecule has 0 fully saturated rings. The molecular formula is C22H26N4O3S. The maximum absolute atomic E-state index is 12.1. The number of carbonyl (C=O) groups is 2. The van der Waals surface area contributed by atoms with Crippen LogP contribution in [0, 0.1) is 0 Å². The smallest absolute Gasteiger partial charge is 0.303 e. The minimum atomic E-state index is -0.776. The maximum Gasteiger partial charge on any atom is 0.303 e. The van der Waals surface area contributed by atoms with Crippen LogP contribution in [0.1, 0.15) is 32.1 Å². The SMILES string of the molecule is CN(CCC(=O)NCCCCCC(=O)O)c1ncnc2sc(-c3ccccc3)cc12. The molecule has 1 amide bonds. The zero-order chi connectivity index (χ0) is 21.3. The summed E-state index contributed by atoms with van der Waals surface area (Å²) in [6.07, 6.45) is 4.35. The molecule has 0 saturated carbocycles. The lowest BCUT2D eigenvalue weighted by Crippen LogP contribution is -2.29. The van der Waals surface area contributed by atoms with Crippen LogP contribution in [0.25, 0.3) is 20.7 Å². The van der Waals surface area contributed by atoms with Crippen molar-refractivity contribution in [2.45, 2.75) is 32.1 Å². The molecule has 3 rings (SSSR count).